The van der Waals surface area contributed by atoms with Gasteiger partial charge in [-0.05, 0) is 30.2 Å². The summed E-state index contributed by atoms with van der Waals surface area (Å²) in [6.45, 7) is 0.844. The summed E-state index contributed by atoms with van der Waals surface area (Å²) in [4.78, 5) is 0. The first-order valence-electron chi connectivity index (χ1n) is 7.57. The van der Waals surface area contributed by atoms with E-state index in [-0.39, 0.29) is 5.82 Å². The number of benzene rings is 2. The standard InChI is InChI=1S/C18H15ClFN3/c19-14-6-2-1-5-12(14)11-16-13-9-10-21-18(13)23(22-16)17-8-4-3-7-15(17)20/h1-8,21H,9-11H2. The van der Waals surface area contributed by atoms with Gasteiger partial charge in [0.25, 0.3) is 0 Å². The first-order chi connectivity index (χ1) is 11.2. The minimum Gasteiger partial charge on any atom is -0.369 e. The Hall–Kier alpha value is -2.33. The van der Waals surface area contributed by atoms with Gasteiger partial charge in [-0.2, -0.15) is 5.10 Å². The molecule has 4 rings (SSSR count). The number of halogens is 2. The van der Waals surface area contributed by atoms with Crippen LogP contribution in [0.4, 0.5) is 10.2 Å². The van der Waals surface area contributed by atoms with Crippen LogP contribution in [0.5, 0.6) is 0 Å². The Bertz CT molecular complexity index is 872. The second-order valence-electron chi connectivity index (χ2n) is 5.58. The van der Waals surface area contributed by atoms with E-state index in [9.17, 15) is 4.39 Å². The van der Waals surface area contributed by atoms with E-state index < -0.39 is 0 Å². The molecule has 5 heteroatoms. The molecule has 1 aromatic heterocycles. The van der Waals surface area contributed by atoms with Crippen molar-refractivity contribution in [3.05, 3.63) is 76.2 Å². The van der Waals surface area contributed by atoms with Crippen LogP contribution in [0.25, 0.3) is 5.69 Å². The monoisotopic (exact) mass is 327 g/mol. The van der Waals surface area contributed by atoms with Crippen molar-refractivity contribution in [2.24, 2.45) is 0 Å². The topological polar surface area (TPSA) is 29.9 Å². The normalized spacial score (nSPS) is 13.0. The molecule has 3 nitrogen and oxygen atoms in total. The number of para-hydroxylation sites is 1. The molecular weight excluding hydrogens is 313 g/mol. The van der Waals surface area contributed by atoms with Gasteiger partial charge in [0.05, 0.1) is 5.69 Å². The van der Waals surface area contributed by atoms with Crippen LogP contribution < -0.4 is 5.32 Å². The molecule has 116 valence electrons. The molecule has 1 aliphatic rings. The molecule has 1 N–H and O–H groups in total. The number of anilines is 1. The van der Waals surface area contributed by atoms with Crippen LogP contribution in [0.3, 0.4) is 0 Å². The molecule has 0 bridgehead atoms. The second-order valence-corrected chi connectivity index (χ2v) is 5.99. The highest BCUT2D eigenvalue weighted by Gasteiger charge is 2.24. The summed E-state index contributed by atoms with van der Waals surface area (Å²) in [6, 6.07) is 14.4. The van der Waals surface area contributed by atoms with E-state index in [1.807, 2.05) is 30.3 Å². The quantitative estimate of drug-likeness (QED) is 0.780. The number of hydrogen-bond acceptors (Lipinski definition) is 2. The SMILES string of the molecule is Fc1ccccc1-n1nc(Cc2ccccc2Cl)c2c1NCC2. The van der Waals surface area contributed by atoms with E-state index in [1.54, 1.807) is 16.8 Å². The molecule has 2 heterocycles. The number of nitrogens with zero attached hydrogens (tertiary/aromatic N) is 2. The van der Waals surface area contributed by atoms with Crippen molar-refractivity contribution in [1.82, 2.24) is 9.78 Å². The van der Waals surface area contributed by atoms with Crippen LogP contribution in [0.1, 0.15) is 16.8 Å². The van der Waals surface area contributed by atoms with Gasteiger partial charge in [0, 0.05) is 23.6 Å². The molecule has 0 fully saturated rings. The fourth-order valence-corrected chi connectivity index (χ4v) is 3.21. The smallest absolute Gasteiger partial charge is 0.148 e. The Morgan fingerprint density at radius 2 is 1.91 bits per heavy atom. The maximum Gasteiger partial charge on any atom is 0.148 e. The number of aromatic nitrogens is 2. The van der Waals surface area contributed by atoms with Gasteiger partial charge in [0.1, 0.15) is 17.3 Å². The van der Waals surface area contributed by atoms with Gasteiger partial charge in [0.2, 0.25) is 0 Å². The van der Waals surface area contributed by atoms with Gasteiger partial charge in [-0.25, -0.2) is 9.07 Å². The lowest BCUT2D eigenvalue weighted by atomic mass is 10.1. The molecule has 0 unspecified atom stereocenters. The summed E-state index contributed by atoms with van der Waals surface area (Å²) >= 11 is 6.26. The van der Waals surface area contributed by atoms with Crippen molar-refractivity contribution in [2.75, 3.05) is 11.9 Å². The highest BCUT2D eigenvalue weighted by molar-refractivity contribution is 6.31. The third-order valence-electron chi connectivity index (χ3n) is 4.13. The second kappa shape index (κ2) is 5.70. The van der Waals surface area contributed by atoms with Crippen LogP contribution in [0, 0.1) is 5.82 Å². The van der Waals surface area contributed by atoms with Crippen molar-refractivity contribution in [2.45, 2.75) is 12.8 Å². The molecule has 0 amide bonds. The van der Waals surface area contributed by atoms with Crippen molar-refractivity contribution in [3.63, 3.8) is 0 Å². The Balaban J connectivity index is 1.80. The highest BCUT2D eigenvalue weighted by atomic mass is 35.5. The van der Waals surface area contributed by atoms with E-state index >= 15 is 0 Å². The first-order valence-corrected chi connectivity index (χ1v) is 7.95. The van der Waals surface area contributed by atoms with Crippen LogP contribution in [0.15, 0.2) is 48.5 Å². The maximum atomic E-state index is 14.1. The molecule has 0 radical (unpaired) electrons. The fraction of sp³-hybridized carbons (Fsp3) is 0.167. The molecule has 3 aromatic rings. The molecule has 1 aliphatic heterocycles. The largest absolute Gasteiger partial charge is 0.369 e. The van der Waals surface area contributed by atoms with E-state index in [0.717, 1.165) is 40.6 Å². The molecule has 0 aliphatic carbocycles. The Morgan fingerprint density at radius 1 is 1.13 bits per heavy atom. The molecule has 0 saturated carbocycles. The third kappa shape index (κ3) is 2.49. The van der Waals surface area contributed by atoms with Gasteiger partial charge >= 0.3 is 0 Å². The Morgan fingerprint density at radius 3 is 2.74 bits per heavy atom. The van der Waals surface area contributed by atoms with E-state index in [2.05, 4.69) is 10.4 Å². The minimum atomic E-state index is -0.282. The number of nitrogens with one attached hydrogen (secondary N) is 1. The molecule has 0 saturated heterocycles. The number of fused-ring (bicyclic) bond motifs is 1. The molecule has 2 aromatic carbocycles. The third-order valence-corrected chi connectivity index (χ3v) is 4.50. The summed E-state index contributed by atoms with van der Waals surface area (Å²) in [7, 11) is 0. The van der Waals surface area contributed by atoms with Crippen LogP contribution in [-0.2, 0) is 12.8 Å². The van der Waals surface area contributed by atoms with Crippen LogP contribution in [0.2, 0.25) is 5.02 Å². The Kier molecular flexibility index (Phi) is 3.54. The highest BCUT2D eigenvalue weighted by Crippen LogP contribution is 2.31. The average molecular weight is 328 g/mol. The molecular formula is C18H15ClFN3. The summed E-state index contributed by atoms with van der Waals surface area (Å²) in [5.74, 6) is 0.605. The van der Waals surface area contributed by atoms with Crippen LogP contribution >= 0.6 is 11.6 Å². The van der Waals surface area contributed by atoms with Crippen molar-refractivity contribution >= 4 is 17.4 Å². The zero-order valence-corrected chi connectivity index (χ0v) is 13.1. The summed E-state index contributed by atoms with van der Waals surface area (Å²) < 4.78 is 15.8. The summed E-state index contributed by atoms with van der Waals surface area (Å²) in [6.07, 6.45) is 1.54. The van der Waals surface area contributed by atoms with Crippen molar-refractivity contribution in [1.29, 1.82) is 0 Å². The minimum absolute atomic E-state index is 0.282. The predicted octanol–water partition coefficient (Wildman–Crippen LogP) is 4.22. The van der Waals surface area contributed by atoms with Crippen molar-refractivity contribution in [3.8, 4) is 5.69 Å². The van der Waals surface area contributed by atoms with Gasteiger partial charge in [-0.1, -0.05) is 41.9 Å². The van der Waals surface area contributed by atoms with Crippen LogP contribution in [-0.4, -0.2) is 16.3 Å². The molecule has 0 spiro atoms. The lowest BCUT2D eigenvalue weighted by Crippen LogP contribution is -2.06. The zero-order chi connectivity index (χ0) is 15.8. The van der Waals surface area contributed by atoms with Gasteiger partial charge in [-0.15, -0.1) is 0 Å². The van der Waals surface area contributed by atoms with Gasteiger partial charge < -0.3 is 5.32 Å². The van der Waals surface area contributed by atoms with Gasteiger partial charge in [0.15, 0.2) is 0 Å². The molecule has 23 heavy (non-hydrogen) atoms. The first kappa shape index (κ1) is 14.3. The molecule has 0 atom stereocenters. The Labute approximate surface area is 138 Å². The number of hydrogen-bond donors (Lipinski definition) is 1. The zero-order valence-electron chi connectivity index (χ0n) is 12.4. The van der Waals surface area contributed by atoms with E-state index in [4.69, 9.17) is 11.6 Å². The summed E-state index contributed by atoms with van der Waals surface area (Å²) in [5, 5.41) is 8.70. The lowest BCUT2D eigenvalue weighted by molar-refractivity contribution is 0.610. The van der Waals surface area contributed by atoms with Crippen molar-refractivity contribution < 1.29 is 4.39 Å². The van der Waals surface area contributed by atoms with E-state index in [1.165, 1.54) is 6.07 Å². The average Bonchev–Trinajstić information content (AvgIpc) is 3.14. The fourth-order valence-electron chi connectivity index (χ4n) is 3.01. The predicted molar refractivity (Wildman–Crippen MR) is 90.0 cm³/mol. The lowest BCUT2D eigenvalue weighted by Gasteiger charge is -2.07. The van der Waals surface area contributed by atoms with Gasteiger partial charge in [-0.3, -0.25) is 0 Å². The summed E-state index contributed by atoms with van der Waals surface area (Å²) in [5.41, 5.74) is 3.58. The van der Waals surface area contributed by atoms with E-state index in [0.29, 0.717) is 12.1 Å². The number of rotatable bonds is 3. The maximum absolute atomic E-state index is 14.1.